The van der Waals surface area contributed by atoms with E-state index in [1.54, 1.807) is 18.5 Å². The van der Waals surface area contributed by atoms with Crippen LogP contribution in [-0.2, 0) is 11.2 Å². The summed E-state index contributed by atoms with van der Waals surface area (Å²) in [5.74, 6) is 0.203. The van der Waals surface area contributed by atoms with E-state index in [0.717, 1.165) is 22.0 Å². The smallest absolute Gasteiger partial charge is 0.303 e. The molecule has 3 aromatic heterocycles. The molecule has 4 aromatic rings. The van der Waals surface area contributed by atoms with Crippen molar-refractivity contribution < 1.29 is 19.2 Å². The second-order valence-corrected chi connectivity index (χ2v) is 7.44. The van der Waals surface area contributed by atoms with E-state index >= 15 is 0 Å². The van der Waals surface area contributed by atoms with E-state index in [2.05, 4.69) is 20.1 Å². The fourth-order valence-electron chi connectivity index (χ4n) is 3.17. The number of pyridine rings is 1. The molecule has 2 N–H and O–H groups in total. The van der Waals surface area contributed by atoms with Crippen molar-refractivity contribution in [3.8, 4) is 28.7 Å². The van der Waals surface area contributed by atoms with E-state index in [-0.39, 0.29) is 18.4 Å². The van der Waals surface area contributed by atoms with Crippen molar-refractivity contribution in [3.63, 3.8) is 0 Å². The van der Waals surface area contributed by atoms with E-state index in [0.29, 0.717) is 28.7 Å². The van der Waals surface area contributed by atoms with E-state index in [1.165, 1.54) is 0 Å². The molecule has 30 heavy (non-hydrogen) atoms. The number of aromatic nitrogens is 4. The van der Waals surface area contributed by atoms with Gasteiger partial charge >= 0.3 is 5.97 Å². The third-order valence-corrected chi connectivity index (χ3v) is 4.76. The van der Waals surface area contributed by atoms with Gasteiger partial charge in [0.25, 0.3) is 5.89 Å². The lowest BCUT2D eigenvalue weighted by atomic mass is 10.0. The first kappa shape index (κ1) is 19.9. The first-order valence-corrected chi connectivity index (χ1v) is 9.77. The molecule has 4 rings (SSSR count). The van der Waals surface area contributed by atoms with E-state index < -0.39 is 5.97 Å². The number of hydrogen-bond acceptors (Lipinski definition) is 6. The molecule has 0 aliphatic carbocycles. The summed E-state index contributed by atoms with van der Waals surface area (Å²) in [5.41, 5.74) is 3.10. The van der Waals surface area contributed by atoms with Gasteiger partial charge in [-0.1, -0.05) is 22.8 Å². The lowest BCUT2D eigenvalue weighted by Gasteiger charge is -2.09. The van der Waals surface area contributed by atoms with Crippen molar-refractivity contribution in [2.24, 2.45) is 0 Å². The number of carboxylic acid groups (broad SMARTS) is 1. The van der Waals surface area contributed by atoms with Crippen LogP contribution in [0, 0.1) is 0 Å². The highest BCUT2D eigenvalue weighted by Gasteiger charge is 2.17. The zero-order valence-corrected chi connectivity index (χ0v) is 17.1. The molecule has 0 aliphatic heterocycles. The molecular formula is C21H19ClN4O4. The summed E-state index contributed by atoms with van der Waals surface area (Å²) in [5, 5.41) is 14.3. The standard InChI is InChI=1S/C21H19ClN4O4/c1-11(2)29-21-16(22)9-13(10-24-21)20-25-19(26-30-20)15-5-3-12(4-6-17(27)28)14-7-8-23-18(14)15/h3,5,7-11,23H,4,6H2,1-2H3,(H,27,28). The van der Waals surface area contributed by atoms with Crippen LogP contribution in [0.25, 0.3) is 33.7 Å². The molecule has 0 saturated heterocycles. The maximum absolute atomic E-state index is 10.9. The van der Waals surface area contributed by atoms with E-state index in [1.807, 2.05) is 32.0 Å². The zero-order chi connectivity index (χ0) is 21.3. The number of H-pyrrole nitrogens is 1. The largest absolute Gasteiger partial charge is 0.481 e. The Morgan fingerprint density at radius 3 is 2.90 bits per heavy atom. The average Bonchev–Trinajstić information content (AvgIpc) is 3.37. The first-order valence-electron chi connectivity index (χ1n) is 9.40. The Labute approximate surface area is 176 Å². The van der Waals surface area contributed by atoms with Gasteiger partial charge in [0.05, 0.1) is 17.2 Å². The van der Waals surface area contributed by atoms with Gasteiger partial charge < -0.3 is 19.4 Å². The number of halogens is 1. The number of nitrogens with one attached hydrogen (secondary N) is 1. The Bertz CT molecular complexity index is 1210. The number of aliphatic carboxylic acids is 1. The summed E-state index contributed by atoms with van der Waals surface area (Å²) < 4.78 is 11.0. The normalized spacial score (nSPS) is 11.3. The van der Waals surface area contributed by atoms with Crippen LogP contribution in [0.2, 0.25) is 5.02 Å². The molecule has 0 bridgehead atoms. The van der Waals surface area contributed by atoms with Gasteiger partial charge in [-0.3, -0.25) is 4.79 Å². The van der Waals surface area contributed by atoms with Crippen LogP contribution in [0.5, 0.6) is 5.88 Å². The molecule has 0 spiro atoms. The van der Waals surface area contributed by atoms with Crippen LogP contribution in [-0.4, -0.2) is 37.3 Å². The number of hydrogen-bond donors (Lipinski definition) is 2. The topological polar surface area (TPSA) is 114 Å². The lowest BCUT2D eigenvalue weighted by Crippen LogP contribution is -2.07. The molecule has 3 heterocycles. The van der Waals surface area contributed by atoms with Gasteiger partial charge in [-0.25, -0.2) is 4.98 Å². The summed E-state index contributed by atoms with van der Waals surface area (Å²) in [4.78, 5) is 22.8. The Morgan fingerprint density at radius 1 is 1.33 bits per heavy atom. The maximum Gasteiger partial charge on any atom is 0.303 e. The van der Waals surface area contributed by atoms with Gasteiger partial charge in [0.1, 0.15) is 5.02 Å². The molecule has 0 unspecified atom stereocenters. The number of rotatable bonds is 7. The van der Waals surface area contributed by atoms with Gasteiger partial charge in [0.2, 0.25) is 11.7 Å². The van der Waals surface area contributed by atoms with Crippen molar-refractivity contribution in [3.05, 3.63) is 47.2 Å². The fourth-order valence-corrected chi connectivity index (χ4v) is 3.38. The van der Waals surface area contributed by atoms with Gasteiger partial charge in [0.15, 0.2) is 0 Å². The monoisotopic (exact) mass is 426 g/mol. The minimum Gasteiger partial charge on any atom is -0.481 e. The molecule has 0 aliphatic rings. The summed E-state index contributed by atoms with van der Waals surface area (Å²) >= 11 is 6.26. The van der Waals surface area contributed by atoms with Crippen LogP contribution in [0.3, 0.4) is 0 Å². The minimum absolute atomic E-state index is 0.0440. The van der Waals surface area contributed by atoms with Gasteiger partial charge in [-0.15, -0.1) is 0 Å². The molecule has 0 atom stereocenters. The zero-order valence-electron chi connectivity index (χ0n) is 16.3. The summed E-state index contributed by atoms with van der Waals surface area (Å²) in [6, 6.07) is 7.33. The van der Waals surface area contributed by atoms with Gasteiger partial charge in [-0.05, 0) is 44.0 Å². The van der Waals surface area contributed by atoms with Crippen LogP contribution in [0.1, 0.15) is 25.8 Å². The van der Waals surface area contributed by atoms with Crippen LogP contribution < -0.4 is 4.74 Å². The Morgan fingerprint density at radius 2 is 2.17 bits per heavy atom. The molecular weight excluding hydrogens is 408 g/mol. The molecule has 0 fully saturated rings. The van der Waals surface area contributed by atoms with Crippen molar-refractivity contribution in [2.75, 3.05) is 0 Å². The molecule has 1 aromatic carbocycles. The average molecular weight is 427 g/mol. The van der Waals surface area contributed by atoms with E-state index in [4.69, 9.17) is 26.0 Å². The van der Waals surface area contributed by atoms with Gasteiger partial charge in [-0.2, -0.15) is 4.98 Å². The van der Waals surface area contributed by atoms with Crippen LogP contribution in [0.15, 0.2) is 41.2 Å². The predicted molar refractivity (Wildman–Crippen MR) is 112 cm³/mol. The first-order chi connectivity index (χ1) is 14.4. The predicted octanol–water partition coefficient (Wildman–Crippen LogP) is 4.74. The van der Waals surface area contributed by atoms with Crippen molar-refractivity contribution in [2.45, 2.75) is 32.8 Å². The number of carboxylic acids is 1. The fraction of sp³-hybridized carbons (Fsp3) is 0.238. The molecule has 8 nitrogen and oxygen atoms in total. The highest BCUT2D eigenvalue weighted by atomic mass is 35.5. The molecule has 0 radical (unpaired) electrons. The second kappa shape index (κ2) is 8.16. The minimum atomic E-state index is -0.831. The number of aryl methyl sites for hydroxylation is 1. The Balaban J connectivity index is 1.65. The molecule has 0 saturated carbocycles. The van der Waals surface area contributed by atoms with Crippen molar-refractivity contribution in [1.82, 2.24) is 20.1 Å². The number of ether oxygens (including phenoxy) is 1. The SMILES string of the molecule is CC(C)Oc1ncc(-c2nc(-c3ccc(CCC(=O)O)c4cc[nH]c34)no2)cc1Cl. The summed E-state index contributed by atoms with van der Waals surface area (Å²) in [6.45, 7) is 3.79. The third kappa shape index (κ3) is 3.99. The Hall–Kier alpha value is -3.39. The third-order valence-electron chi connectivity index (χ3n) is 4.49. The Kier molecular flexibility index (Phi) is 5.41. The number of benzene rings is 1. The molecule has 154 valence electrons. The summed E-state index contributed by atoms with van der Waals surface area (Å²) in [6.07, 6.45) is 3.83. The van der Waals surface area contributed by atoms with E-state index in [9.17, 15) is 4.79 Å². The highest BCUT2D eigenvalue weighted by Crippen LogP contribution is 2.32. The van der Waals surface area contributed by atoms with Crippen LogP contribution in [0.4, 0.5) is 0 Å². The molecule has 0 amide bonds. The summed E-state index contributed by atoms with van der Waals surface area (Å²) in [7, 11) is 0. The highest BCUT2D eigenvalue weighted by molar-refractivity contribution is 6.32. The lowest BCUT2D eigenvalue weighted by molar-refractivity contribution is -0.136. The number of carbonyl (C=O) groups is 1. The molecule has 9 heteroatoms. The van der Waals surface area contributed by atoms with Crippen molar-refractivity contribution >= 4 is 28.5 Å². The van der Waals surface area contributed by atoms with Crippen molar-refractivity contribution in [1.29, 1.82) is 0 Å². The maximum atomic E-state index is 10.9. The van der Waals surface area contributed by atoms with Crippen LogP contribution >= 0.6 is 11.6 Å². The second-order valence-electron chi connectivity index (χ2n) is 7.03. The number of nitrogens with zero attached hydrogens (tertiary/aromatic N) is 3. The number of fused-ring (bicyclic) bond motifs is 1. The van der Waals surface area contributed by atoms with Gasteiger partial charge in [0, 0.05) is 29.8 Å². The quantitative estimate of drug-likeness (QED) is 0.438. The number of aromatic amines is 1.